The standard InChI is InChI=1S/C24H21F2N5OS2/c1-14(22(32)28-23-27-20(13-33-23)17-9-10-18(25)19(26)11-17)34-24-30-29-21(16-7-8-16)31(24)12-15-5-3-2-4-6-15/h2-6,9-11,13-14,16H,7-8,12H2,1H3,(H,27,28,32). The van der Waals surface area contributed by atoms with Gasteiger partial charge in [0.25, 0.3) is 0 Å². The summed E-state index contributed by atoms with van der Waals surface area (Å²) in [6.07, 6.45) is 2.22. The van der Waals surface area contributed by atoms with E-state index >= 15 is 0 Å². The van der Waals surface area contributed by atoms with Gasteiger partial charge in [0.05, 0.1) is 17.5 Å². The molecule has 6 nitrogen and oxygen atoms in total. The third-order valence-corrected chi connectivity index (χ3v) is 7.31. The Morgan fingerprint density at radius 3 is 2.71 bits per heavy atom. The van der Waals surface area contributed by atoms with Crippen LogP contribution in [0.25, 0.3) is 11.3 Å². The Labute approximate surface area is 203 Å². The Balaban J connectivity index is 1.28. The molecule has 10 heteroatoms. The zero-order valence-corrected chi connectivity index (χ0v) is 19.9. The summed E-state index contributed by atoms with van der Waals surface area (Å²) in [5, 5.41) is 13.9. The van der Waals surface area contributed by atoms with Gasteiger partial charge in [0.1, 0.15) is 5.82 Å². The summed E-state index contributed by atoms with van der Waals surface area (Å²) in [5.74, 6) is -0.678. The Hall–Kier alpha value is -3.11. The highest BCUT2D eigenvalue weighted by molar-refractivity contribution is 8.00. The van der Waals surface area contributed by atoms with Crippen molar-refractivity contribution in [1.29, 1.82) is 0 Å². The number of nitrogens with zero attached hydrogens (tertiary/aromatic N) is 4. The number of anilines is 1. The molecule has 0 spiro atoms. The summed E-state index contributed by atoms with van der Waals surface area (Å²) in [4.78, 5) is 17.2. The minimum atomic E-state index is -0.939. The summed E-state index contributed by atoms with van der Waals surface area (Å²) in [6, 6.07) is 13.7. The molecule has 2 aromatic carbocycles. The van der Waals surface area contributed by atoms with Crippen LogP contribution in [-0.2, 0) is 11.3 Å². The van der Waals surface area contributed by atoms with Crippen molar-refractivity contribution in [3.8, 4) is 11.3 Å². The average molecular weight is 498 g/mol. The maximum absolute atomic E-state index is 13.5. The van der Waals surface area contributed by atoms with Gasteiger partial charge in [-0.1, -0.05) is 42.1 Å². The summed E-state index contributed by atoms with van der Waals surface area (Å²) < 4.78 is 28.8. The minimum absolute atomic E-state index is 0.224. The van der Waals surface area contributed by atoms with E-state index < -0.39 is 16.9 Å². The number of nitrogens with one attached hydrogen (secondary N) is 1. The Bertz CT molecular complexity index is 1320. The highest BCUT2D eigenvalue weighted by atomic mass is 32.2. The largest absolute Gasteiger partial charge is 0.301 e. The fourth-order valence-electron chi connectivity index (χ4n) is 3.48. The molecule has 34 heavy (non-hydrogen) atoms. The molecule has 1 N–H and O–H groups in total. The molecule has 4 aromatic rings. The zero-order valence-electron chi connectivity index (χ0n) is 18.2. The number of rotatable bonds is 8. The molecule has 174 valence electrons. The van der Waals surface area contributed by atoms with E-state index in [9.17, 15) is 13.6 Å². The first-order valence-corrected chi connectivity index (χ1v) is 12.6. The molecule has 0 saturated heterocycles. The van der Waals surface area contributed by atoms with Crippen LogP contribution in [-0.4, -0.2) is 30.9 Å². The second kappa shape index (κ2) is 9.63. The smallest absolute Gasteiger partial charge is 0.239 e. The van der Waals surface area contributed by atoms with Crippen molar-refractivity contribution in [3.63, 3.8) is 0 Å². The van der Waals surface area contributed by atoms with Crippen LogP contribution in [0.2, 0.25) is 0 Å². The zero-order chi connectivity index (χ0) is 23.7. The van der Waals surface area contributed by atoms with Gasteiger partial charge in [0, 0.05) is 16.9 Å². The number of aromatic nitrogens is 4. The molecule has 1 saturated carbocycles. The number of carbonyl (C=O) groups is 1. The molecule has 0 radical (unpaired) electrons. The third kappa shape index (κ3) is 5.02. The SMILES string of the molecule is CC(Sc1nnc(C2CC2)n1Cc1ccccc1)C(=O)Nc1nc(-c2ccc(F)c(F)c2)cs1. The lowest BCUT2D eigenvalue weighted by molar-refractivity contribution is -0.115. The van der Waals surface area contributed by atoms with Crippen molar-refractivity contribution >= 4 is 34.1 Å². The van der Waals surface area contributed by atoms with Gasteiger partial charge in [-0.15, -0.1) is 21.5 Å². The predicted molar refractivity (Wildman–Crippen MR) is 129 cm³/mol. The van der Waals surface area contributed by atoms with Crippen molar-refractivity contribution in [2.24, 2.45) is 0 Å². The van der Waals surface area contributed by atoms with Crippen LogP contribution in [0.5, 0.6) is 0 Å². The van der Waals surface area contributed by atoms with Crippen LogP contribution in [0.15, 0.2) is 59.1 Å². The summed E-state index contributed by atoms with van der Waals surface area (Å²) in [5.41, 5.74) is 2.06. The first-order chi connectivity index (χ1) is 16.5. The third-order valence-electron chi connectivity index (χ3n) is 5.47. The predicted octanol–water partition coefficient (Wildman–Crippen LogP) is 5.72. The summed E-state index contributed by atoms with van der Waals surface area (Å²) in [7, 11) is 0. The molecule has 1 aliphatic carbocycles. The van der Waals surface area contributed by atoms with Crippen molar-refractivity contribution < 1.29 is 13.6 Å². The van der Waals surface area contributed by atoms with Gasteiger partial charge >= 0.3 is 0 Å². The lowest BCUT2D eigenvalue weighted by Gasteiger charge is -2.13. The summed E-state index contributed by atoms with van der Waals surface area (Å²) >= 11 is 2.58. The van der Waals surface area contributed by atoms with E-state index in [1.807, 2.05) is 25.1 Å². The van der Waals surface area contributed by atoms with E-state index in [1.165, 1.54) is 29.2 Å². The van der Waals surface area contributed by atoms with Crippen molar-refractivity contribution in [2.45, 2.75) is 42.6 Å². The Morgan fingerprint density at radius 2 is 1.97 bits per heavy atom. The molecule has 2 aromatic heterocycles. The van der Waals surface area contributed by atoms with Crippen molar-refractivity contribution in [1.82, 2.24) is 19.7 Å². The highest BCUT2D eigenvalue weighted by Gasteiger charge is 2.31. The van der Waals surface area contributed by atoms with Gasteiger partial charge in [-0.05, 0) is 43.5 Å². The van der Waals surface area contributed by atoms with E-state index in [2.05, 4.69) is 37.2 Å². The number of hydrogen-bond acceptors (Lipinski definition) is 6. The fraction of sp³-hybridized carbons (Fsp3) is 0.250. The van der Waals surface area contributed by atoms with E-state index in [0.29, 0.717) is 34.0 Å². The number of halogens is 2. The topological polar surface area (TPSA) is 72.7 Å². The number of benzene rings is 2. The molecule has 0 bridgehead atoms. The van der Waals surface area contributed by atoms with Crippen LogP contribution >= 0.6 is 23.1 Å². The lowest BCUT2D eigenvalue weighted by Crippen LogP contribution is -2.23. The van der Waals surface area contributed by atoms with Crippen LogP contribution in [0.3, 0.4) is 0 Å². The Morgan fingerprint density at radius 1 is 1.18 bits per heavy atom. The molecule has 5 rings (SSSR count). The first kappa shape index (κ1) is 22.7. The number of amides is 1. The molecular weight excluding hydrogens is 476 g/mol. The van der Waals surface area contributed by atoms with Crippen LogP contribution in [0.1, 0.15) is 37.1 Å². The molecule has 1 unspecified atom stereocenters. The lowest BCUT2D eigenvalue weighted by atomic mass is 10.2. The van der Waals surface area contributed by atoms with Crippen LogP contribution in [0, 0.1) is 11.6 Å². The van der Waals surface area contributed by atoms with Crippen LogP contribution in [0.4, 0.5) is 13.9 Å². The molecule has 1 aliphatic rings. The molecule has 0 aliphatic heterocycles. The van der Waals surface area contributed by atoms with Gasteiger partial charge in [-0.2, -0.15) is 0 Å². The van der Waals surface area contributed by atoms with Crippen molar-refractivity contribution in [3.05, 3.63) is 76.9 Å². The van der Waals surface area contributed by atoms with E-state index in [4.69, 9.17) is 0 Å². The first-order valence-electron chi connectivity index (χ1n) is 10.8. The average Bonchev–Trinajstić information content (AvgIpc) is 3.45. The van der Waals surface area contributed by atoms with Crippen LogP contribution < -0.4 is 5.32 Å². The Kier molecular flexibility index (Phi) is 6.42. The quantitative estimate of drug-likeness (QED) is 0.315. The normalized spacial score (nSPS) is 14.2. The van der Waals surface area contributed by atoms with Crippen molar-refractivity contribution in [2.75, 3.05) is 5.32 Å². The van der Waals surface area contributed by atoms with Gasteiger partial charge in [-0.25, -0.2) is 13.8 Å². The molecule has 2 heterocycles. The number of thioether (sulfide) groups is 1. The van der Waals surface area contributed by atoms with Gasteiger partial charge in [0.15, 0.2) is 21.9 Å². The van der Waals surface area contributed by atoms with E-state index in [1.54, 1.807) is 5.38 Å². The number of thiazole rings is 1. The number of carbonyl (C=O) groups excluding carboxylic acids is 1. The molecule has 1 atom stereocenters. The second-order valence-electron chi connectivity index (χ2n) is 8.10. The molecule has 1 fully saturated rings. The number of hydrogen-bond donors (Lipinski definition) is 1. The molecule has 1 amide bonds. The fourth-order valence-corrected chi connectivity index (χ4v) is 5.06. The maximum atomic E-state index is 13.5. The second-order valence-corrected chi connectivity index (χ2v) is 10.3. The summed E-state index contributed by atoms with van der Waals surface area (Å²) in [6.45, 7) is 2.46. The highest BCUT2D eigenvalue weighted by Crippen LogP contribution is 2.40. The minimum Gasteiger partial charge on any atom is -0.301 e. The van der Waals surface area contributed by atoms with E-state index in [-0.39, 0.29) is 5.91 Å². The van der Waals surface area contributed by atoms with E-state index in [0.717, 1.165) is 36.4 Å². The molecular formula is C24H21F2N5OS2. The van der Waals surface area contributed by atoms with Gasteiger partial charge < -0.3 is 9.88 Å². The maximum Gasteiger partial charge on any atom is 0.239 e. The van der Waals surface area contributed by atoms with Gasteiger partial charge in [0.2, 0.25) is 5.91 Å². The van der Waals surface area contributed by atoms with Gasteiger partial charge in [-0.3, -0.25) is 4.79 Å². The monoisotopic (exact) mass is 497 g/mol.